The van der Waals surface area contributed by atoms with Crippen LogP contribution < -0.4 is 5.46 Å². The third-order valence-corrected chi connectivity index (χ3v) is 4.08. The molecule has 0 amide bonds. The first-order valence-corrected chi connectivity index (χ1v) is 6.07. The van der Waals surface area contributed by atoms with Gasteiger partial charge in [-0.1, -0.05) is 30.4 Å². The molecule has 2 aliphatic rings. The maximum absolute atomic E-state index is 6.02. The van der Waals surface area contributed by atoms with E-state index in [9.17, 15) is 0 Å². The number of rotatable bonds is 1. The topological polar surface area (TPSA) is 18.5 Å². The number of hydrogen-bond donors (Lipinski definition) is 0. The Morgan fingerprint density at radius 1 is 0.882 bits per heavy atom. The first-order chi connectivity index (χ1) is 7.89. The minimum Gasteiger partial charge on any atom is -0.399 e. The Hall–Kier alpha value is -1.06. The largest absolute Gasteiger partial charge is 0.494 e. The summed E-state index contributed by atoms with van der Waals surface area (Å²) in [5.41, 5.74) is 3.14. The summed E-state index contributed by atoms with van der Waals surface area (Å²) in [7, 11) is -0.251. The van der Waals surface area contributed by atoms with Crippen molar-refractivity contribution in [1.82, 2.24) is 0 Å². The van der Waals surface area contributed by atoms with E-state index in [0.717, 1.165) is 5.46 Å². The summed E-state index contributed by atoms with van der Waals surface area (Å²) in [6, 6.07) is 6.36. The fraction of sp³-hybridized carbons (Fsp3) is 0.429. The Balaban J connectivity index is 1.90. The van der Waals surface area contributed by atoms with Gasteiger partial charge in [-0.25, -0.2) is 0 Å². The molecule has 3 rings (SSSR count). The summed E-state index contributed by atoms with van der Waals surface area (Å²) in [4.78, 5) is 0. The lowest BCUT2D eigenvalue weighted by Gasteiger charge is -2.32. The molecule has 0 N–H and O–H groups in total. The molecule has 1 saturated heterocycles. The summed E-state index contributed by atoms with van der Waals surface area (Å²) in [6.45, 7) is 8.31. The Labute approximate surface area is 103 Å². The smallest absolute Gasteiger partial charge is 0.399 e. The van der Waals surface area contributed by atoms with Crippen LogP contribution in [0.4, 0.5) is 0 Å². The highest BCUT2D eigenvalue weighted by Crippen LogP contribution is 2.36. The van der Waals surface area contributed by atoms with Crippen LogP contribution in [-0.4, -0.2) is 18.3 Å². The molecular formula is C14H17BO2. The lowest BCUT2D eigenvalue weighted by Crippen LogP contribution is -2.41. The van der Waals surface area contributed by atoms with Crippen LogP contribution in [0.25, 0.3) is 12.2 Å². The maximum Gasteiger partial charge on any atom is 0.494 e. The fourth-order valence-corrected chi connectivity index (χ4v) is 2.10. The molecule has 0 atom stereocenters. The lowest BCUT2D eigenvalue weighted by molar-refractivity contribution is 0.00578. The van der Waals surface area contributed by atoms with Crippen molar-refractivity contribution in [3.8, 4) is 0 Å². The molecule has 2 nitrogen and oxygen atoms in total. The maximum atomic E-state index is 6.02. The highest BCUT2D eigenvalue weighted by Gasteiger charge is 2.51. The molecule has 17 heavy (non-hydrogen) atoms. The molecule has 1 aliphatic carbocycles. The Bertz CT molecular complexity index is 487. The van der Waals surface area contributed by atoms with Crippen LogP contribution in [0.15, 0.2) is 18.2 Å². The van der Waals surface area contributed by atoms with Gasteiger partial charge in [0.05, 0.1) is 11.2 Å². The van der Waals surface area contributed by atoms with Crippen LogP contribution >= 0.6 is 0 Å². The van der Waals surface area contributed by atoms with E-state index < -0.39 is 0 Å². The Morgan fingerprint density at radius 3 is 1.94 bits per heavy atom. The summed E-state index contributed by atoms with van der Waals surface area (Å²) in [6.07, 6.45) is 4.23. The number of hydrogen-bond acceptors (Lipinski definition) is 2. The summed E-state index contributed by atoms with van der Waals surface area (Å²) in [5, 5.41) is 0. The van der Waals surface area contributed by atoms with Crippen LogP contribution in [0.5, 0.6) is 0 Å². The van der Waals surface area contributed by atoms with E-state index in [1.54, 1.807) is 0 Å². The van der Waals surface area contributed by atoms with Gasteiger partial charge in [0.25, 0.3) is 0 Å². The van der Waals surface area contributed by atoms with Gasteiger partial charge in [0.1, 0.15) is 0 Å². The summed E-state index contributed by atoms with van der Waals surface area (Å²) < 4.78 is 12.0. The molecule has 0 saturated carbocycles. The van der Waals surface area contributed by atoms with Gasteiger partial charge in [0.2, 0.25) is 0 Å². The zero-order valence-electron chi connectivity index (χ0n) is 10.8. The highest BCUT2D eigenvalue weighted by molar-refractivity contribution is 6.62. The average Bonchev–Trinajstić information content (AvgIpc) is 2.38. The van der Waals surface area contributed by atoms with Gasteiger partial charge in [-0.05, 0) is 44.3 Å². The van der Waals surface area contributed by atoms with E-state index >= 15 is 0 Å². The quantitative estimate of drug-likeness (QED) is 0.698. The Kier molecular flexibility index (Phi) is 2.11. The molecule has 88 valence electrons. The van der Waals surface area contributed by atoms with E-state index in [-0.39, 0.29) is 18.3 Å². The first kappa shape index (κ1) is 11.1. The second kappa shape index (κ2) is 3.24. The van der Waals surface area contributed by atoms with Crippen LogP contribution in [0.1, 0.15) is 38.8 Å². The van der Waals surface area contributed by atoms with Crippen LogP contribution in [0, 0.1) is 0 Å². The standard InChI is InChI=1S/C14H17BO2/c1-13(2)14(3,4)17-15(16-13)12-8-7-10-5-6-11(10)9-12/h5-9H,1-4H3. The zero-order valence-corrected chi connectivity index (χ0v) is 10.8. The molecule has 1 aromatic rings. The van der Waals surface area contributed by atoms with Crippen LogP contribution in [0.3, 0.4) is 0 Å². The highest BCUT2D eigenvalue weighted by atomic mass is 16.7. The second-order valence-electron chi connectivity index (χ2n) is 5.81. The molecule has 0 radical (unpaired) electrons. The third kappa shape index (κ3) is 1.57. The van der Waals surface area contributed by atoms with Crippen molar-refractivity contribution in [2.45, 2.75) is 38.9 Å². The van der Waals surface area contributed by atoms with Crippen molar-refractivity contribution >= 4 is 24.7 Å². The molecule has 0 bridgehead atoms. The lowest BCUT2D eigenvalue weighted by atomic mass is 9.76. The minimum atomic E-state index is -0.267. The molecular weight excluding hydrogens is 211 g/mol. The third-order valence-electron chi connectivity index (χ3n) is 4.08. The molecule has 0 unspecified atom stereocenters. The summed E-state index contributed by atoms with van der Waals surface area (Å²) >= 11 is 0. The summed E-state index contributed by atoms with van der Waals surface area (Å²) in [5.74, 6) is 0. The van der Waals surface area contributed by atoms with E-state index in [1.165, 1.54) is 11.1 Å². The molecule has 0 spiro atoms. The van der Waals surface area contributed by atoms with Crippen molar-refractivity contribution in [2.75, 3.05) is 0 Å². The molecule has 1 aromatic carbocycles. The van der Waals surface area contributed by atoms with Gasteiger partial charge in [0.15, 0.2) is 0 Å². The van der Waals surface area contributed by atoms with Gasteiger partial charge >= 0.3 is 7.12 Å². The number of benzene rings is 1. The van der Waals surface area contributed by atoms with Crippen molar-refractivity contribution < 1.29 is 9.31 Å². The SMILES string of the molecule is CC1(C)OB(c2ccc3c(c2)C=C3)OC1(C)C. The normalized spacial score (nSPS) is 23.4. The van der Waals surface area contributed by atoms with Crippen molar-refractivity contribution in [1.29, 1.82) is 0 Å². The molecule has 1 aliphatic heterocycles. The molecule has 1 heterocycles. The zero-order chi connectivity index (χ0) is 12.3. The van der Waals surface area contributed by atoms with Gasteiger partial charge in [0, 0.05) is 0 Å². The van der Waals surface area contributed by atoms with Crippen LogP contribution in [0.2, 0.25) is 0 Å². The fourth-order valence-electron chi connectivity index (χ4n) is 2.10. The van der Waals surface area contributed by atoms with Crippen molar-refractivity contribution in [3.05, 3.63) is 29.3 Å². The van der Waals surface area contributed by atoms with Crippen molar-refractivity contribution in [3.63, 3.8) is 0 Å². The average molecular weight is 228 g/mol. The van der Waals surface area contributed by atoms with Gasteiger partial charge in [-0.2, -0.15) is 0 Å². The van der Waals surface area contributed by atoms with Gasteiger partial charge in [-0.3, -0.25) is 0 Å². The molecule has 1 fully saturated rings. The molecule has 3 heteroatoms. The predicted molar refractivity (Wildman–Crippen MR) is 71.1 cm³/mol. The Morgan fingerprint density at radius 2 is 1.47 bits per heavy atom. The monoisotopic (exact) mass is 228 g/mol. The molecule has 0 aromatic heterocycles. The minimum absolute atomic E-state index is 0.251. The van der Waals surface area contributed by atoms with E-state index in [1.807, 2.05) is 0 Å². The van der Waals surface area contributed by atoms with Gasteiger partial charge in [-0.15, -0.1) is 0 Å². The van der Waals surface area contributed by atoms with Crippen molar-refractivity contribution in [2.24, 2.45) is 0 Å². The number of fused-ring (bicyclic) bond motifs is 1. The predicted octanol–water partition coefficient (Wildman–Crippen LogP) is 2.47. The van der Waals surface area contributed by atoms with E-state index in [0.29, 0.717) is 0 Å². The van der Waals surface area contributed by atoms with Gasteiger partial charge < -0.3 is 9.31 Å². The van der Waals surface area contributed by atoms with E-state index in [2.05, 4.69) is 58.0 Å². The first-order valence-electron chi connectivity index (χ1n) is 6.07. The van der Waals surface area contributed by atoms with E-state index in [4.69, 9.17) is 9.31 Å². The van der Waals surface area contributed by atoms with Crippen LogP contribution in [-0.2, 0) is 9.31 Å². The second-order valence-corrected chi connectivity index (χ2v) is 5.81.